The molecule has 9 heteroatoms. The Bertz CT molecular complexity index is 1320. The van der Waals surface area contributed by atoms with Crippen LogP contribution in [0.15, 0.2) is 48.9 Å². The zero-order valence-electron chi connectivity index (χ0n) is 19.5. The van der Waals surface area contributed by atoms with E-state index >= 15 is 0 Å². The molecule has 4 rings (SSSR count). The van der Waals surface area contributed by atoms with Crippen molar-refractivity contribution in [3.63, 3.8) is 0 Å². The highest BCUT2D eigenvalue weighted by atomic mass is 16.6. The molecule has 4 aromatic rings. The minimum absolute atomic E-state index is 0.518. The van der Waals surface area contributed by atoms with Crippen molar-refractivity contribution >= 4 is 28.5 Å². The molecule has 9 nitrogen and oxygen atoms in total. The second-order valence-electron chi connectivity index (χ2n) is 8.57. The number of benzene rings is 1. The molecule has 3 heterocycles. The first-order valence-electron chi connectivity index (χ1n) is 10.4. The van der Waals surface area contributed by atoms with E-state index in [1.54, 1.807) is 32.8 Å². The van der Waals surface area contributed by atoms with Crippen LogP contribution in [-0.2, 0) is 11.8 Å². The van der Waals surface area contributed by atoms with Gasteiger partial charge in [0.05, 0.1) is 31.6 Å². The number of fused-ring (bicyclic) bond motifs is 1. The molecule has 0 saturated heterocycles. The topological polar surface area (TPSA) is 92.4 Å². The van der Waals surface area contributed by atoms with E-state index in [4.69, 9.17) is 14.2 Å². The Balaban J connectivity index is 1.61. The van der Waals surface area contributed by atoms with E-state index in [2.05, 4.69) is 15.4 Å². The molecule has 0 amide bonds. The fraction of sp³-hybridized carbons (Fsp3) is 0.292. The normalized spacial score (nSPS) is 11.5. The van der Waals surface area contributed by atoms with Crippen LogP contribution in [0.4, 0.5) is 16.3 Å². The molecular formula is C24H27N5O4. The van der Waals surface area contributed by atoms with E-state index in [1.165, 1.54) is 4.68 Å². The van der Waals surface area contributed by atoms with E-state index in [-0.39, 0.29) is 0 Å². The summed E-state index contributed by atoms with van der Waals surface area (Å²) in [5, 5.41) is 8.44. The van der Waals surface area contributed by atoms with Gasteiger partial charge in [-0.05, 0) is 39.0 Å². The van der Waals surface area contributed by atoms with Gasteiger partial charge < -0.3 is 24.1 Å². The molecule has 0 atom stereocenters. The highest BCUT2D eigenvalue weighted by Gasteiger charge is 2.19. The molecule has 1 N–H and O–H groups in total. The number of aryl methyl sites for hydroxylation is 1. The molecule has 0 radical (unpaired) electrons. The number of pyridine rings is 1. The molecule has 1 aromatic carbocycles. The molecule has 0 spiro atoms. The summed E-state index contributed by atoms with van der Waals surface area (Å²) in [4.78, 5) is 16.8. The van der Waals surface area contributed by atoms with Gasteiger partial charge in [-0.3, -0.25) is 0 Å². The predicted molar refractivity (Wildman–Crippen MR) is 126 cm³/mol. The number of rotatable bonds is 5. The van der Waals surface area contributed by atoms with Crippen LogP contribution in [0.2, 0.25) is 0 Å². The lowest BCUT2D eigenvalue weighted by atomic mass is 10.2. The first-order chi connectivity index (χ1) is 15.7. The lowest BCUT2D eigenvalue weighted by Gasteiger charge is -2.18. The summed E-state index contributed by atoms with van der Waals surface area (Å²) in [6.45, 7) is 5.46. The Morgan fingerprint density at radius 1 is 1.03 bits per heavy atom. The fourth-order valence-corrected chi connectivity index (χ4v) is 3.50. The molecule has 172 valence electrons. The van der Waals surface area contributed by atoms with Crippen LogP contribution in [0.3, 0.4) is 0 Å². The van der Waals surface area contributed by atoms with Gasteiger partial charge in [0.15, 0.2) is 11.5 Å². The number of nitrogens with zero attached hydrogens (tertiary/aromatic N) is 4. The Labute approximate surface area is 191 Å². The Morgan fingerprint density at radius 3 is 2.48 bits per heavy atom. The van der Waals surface area contributed by atoms with Crippen LogP contribution < -0.4 is 14.8 Å². The van der Waals surface area contributed by atoms with Crippen LogP contribution >= 0.6 is 0 Å². The maximum Gasteiger partial charge on any atom is 0.435 e. The third kappa shape index (κ3) is 4.62. The first-order valence-corrected chi connectivity index (χ1v) is 10.4. The second kappa shape index (κ2) is 8.50. The molecule has 0 unspecified atom stereocenters. The minimum Gasteiger partial charge on any atom is -0.493 e. The van der Waals surface area contributed by atoms with Gasteiger partial charge in [-0.15, -0.1) is 0 Å². The van der Waals surface area contributed by atoms with Crippen molar-refractivity contribution in [2.45, 2.75) is 26.4 Å². The van der Waals surface area contributed by atoms with Crippen molar-refractivity contribution in [2.24, 2.45) is 7.05 Å². The molecule has 0 aliphatic heterocycles. The van der Waals surface area contributed by atoms with E-state index in [1.807, 2.05) is 62.7 Å². The van der Waals surface area contributed by atoms with Crippen molar-refractivity contribution in [1.29, 1.82) is 0 Å². The van der Waals surface area contributed by atoms with Crippen molar-refractivity contribution in [3.05, 3.63) is 48.9 Å². The average Bonchev–Trinajstić information content (AvgIpc) is 3.38. The van der Waals surface area contributed by atoms with Crippen molar-refractivity contribution in [2.75, 3.05) is 19.5 Å². The minimum atomic E-state index is -0.591. The lowest BCUT2D eigenvalue weighted by molar-refractivity contribution is 0.0514. The molecule has 0 aliphatic carbocycles. The van der Waals surface area contributed by atoms with Gasteiger partial charge in [-0.2, -0.15) is 9.78 Å². The highest BCUT2D eigenvalue weighted by molar-refractivity contribution is 5.88. The number of carbonyl (C=O) groups excluding carboxylic acids is 1. The molecule has 3 aromatic heterocycles. The Hall–Kier alpha value is -4.01. The van der Waals surface area contributed by atoms with E-state index in [9.17, 15) is 4.79 Å². The van der Waals surface area contributed by atoms with Gasteiger partial charge in [-0.25, -0.2) is 9.78 Å². The largest absolute Gasteiger partial charge is 0.493 e. The summed E-state index contributed by atoms with van der Waals surface area (Å²) in [7, 11) is 5.16. The van der Waals surface area contributed by atoms with Crippen molar-refractivity contribution in [3.8, 4) is 22.8 Å². The summed E-state index contributed by atoms with van der Waals surface area (Å²) in [5.74, 6) is 1.98. The molecule has 33 heavy (non-hydrogen) atoms. The number of ether oxygens (including phenoxy) is 3. The molecular weight excluding hydrogens is 422 g/mol. The number of anilines is 2. The molecule has 0 saturated carbocycles. The maximum absolute atomic E-state index is 12.3. The first kappa shape index (κ1) is 22.2. The van der Waals surface area contributed by atoms with Crippen LogP contribution in [0.5, 0.6) is 11.5 Å². The summed E-state index contributed by atoms with van der Waals surface area (Å²) in [6.07, 6.45) is 4.60. The number of hydrogen-bond acceptors (Lipinski definition) is 7. The summed E-state index contributed by atoms with van der Waals surface area (Å²) in [6, 6.07) is 9.57. The van der Waals surface area contributed by atoms with Gasteiger partial charge in [0.2, 0.25) is 0 Å². The number of methoxy groups -OCH3 is 2. The maximum atomic E-state index is 12.3. The van der Waals surface area contributed by atoms with Gasteiger partial charge in [0.25, 0.3) is 0 Å². The van der Waals surface area contributed by atoms with Crippen molar-refractivity contribution < 1.29 is 19.0 Å². The highest BCUT2D eigenvalue weighted by Crippen LogP contribution is 2.32. The quantitative estimate of drug-likeness (QED) is 0.459. The third-order valence-corrected chi connectivity index (χ3v) is 5.04. The molecule has 0 fully saturated rings. The summed E-state index contributed by atoms with van der Waals surface area (Å²) >= 11 is 0. The van der Waals surface area contributed by atoms with Gasteiger partial charge >= 0.3 is 6.09 Å². The Morgan fingerprint density at radius 2 is 1.79 bits per heavy atom. The lowest BCUT2D eigenvalue weighted by Crippen LogP contribution is -2.27. The monoisotopic (exact) mass is 449 g/mol. The predicted octanol–water partition coefficient (Wildman–Crippen LogP) is 4.98. The van der Waals surface area contributed by atoms with Crippen LogP contribution in [0, 0.1) is 0 Å². The Kier molecular flexibility index (Phi) is 5.71. The summed E-state index contributed by atoms with van der Waals surface area (Å²) < 4.78 is 19.3. The van der Waals surface area contributed by atoms with Crippen LogP contribution in [0.1, 0.15) is 20.8 Å². The fourth-order valence-electron chi connectivity index (χ4n) is 3.50. The molecule has 0 aliphatic rings. The number of nitrogens with one attached hydrogen (secondary N) is 1. The van der Waals surface area contributed by atoms with Gasteiger partial charge in [-0.1, -0.05) is 0 Å². The average molecular weight is 450 g/mol. The number of aromatic nitrogens is 4. The second-order valence-corrected chi connectivity index (χ2v) is 8.57. The van der Waals surface area contributed by atoms with E-state index in [0.29, 0.717) is 17.3 Å². The zero-order chi connectivity index (χ0) is 23.8. The van der Waals surface area contributed by atoms with E-state index in [0.717, 1.165) is 27.8 Å². The van der Waals surface area contributed by atoms with Gasteiger partial charge in [0.1, 0.15) is 11.4 Å². The van der Waals surface area contributed by atoms with Crippen molar-refractivity contribution in [1.82, 2.24) is 19.3 Å². The smallest absolute Gasteiger partial charge is 0.435 e. The third-order valence-electron chi connectivity index (χ3n) is 5.04. The standard InChI is InChI=1S/C24H27N5O4/c1-24(2,3)33-23(30)29-14-16(13-26-29)18-9-15-12-25-22(11-19(15)28(18)4)27-17-7-8-20(31-5)21(10-17)32-6/h7-14H,1-6H3,(H,25,27). The van der Waals surface area contributed by atoms with Gasteiger partial charge in [0, 0.05) is 48.2 Å². The zero-order valence-corrected chi connectivity index (χ0v) is 19.5. The SMILES string of the molecule is COc1ccc(Nc2cc3c(cn2)cc(-c2cnn(C(=O)OC(C)(C)C)c2)n3C)cc1OC. The van der Waals surface area contributed by atoms with Crippen LogP contribution in [-0.4, -0.2) is 45.2 Å². The number of hydrogen-bond donors (Lipinski definition) is 1. The molecule has 0 bridgehead atoms. The summed E-state index contributed by atoms with van der Waals surface area (Å²) in [5.41, 5.74) is 2.92. The number of carbonyl (C=O) groups is 1. The van der Waals surface area contributed by atoms with Crippen LogP contribution in [0.25, 0.3) is 22.2 Å². The van der Waals surface area contributed by atoms with E-state index < -0.39 is 11.7 Å².